The third-order valence-electron chi connectivity index (χ3n) is 3.54. The van der Waals surface area contributed by atoms with Crippen LogP contribution in [0.5, 0.6) is 0 Å². The van der Waals surface area contributed by atoms with Crippen LogP contribution in [-0.4, -0.2) is 24.9 Å². The normalized spacial score (nSPS) is 10.7. The van der Waals surface area contributed by atoms with Gasteiger partial charge in [-0.2, -0.15) is 0 Å². The predicted octanol–water partition coefficient (Wildman–Crippen LogP) is 2.99. The van der Waals surface area contributed by atoms with Gasteiger partial charge in [0.15, 0.2) is 0 Å². The second-order valence-corrected chi connectivity index (χ2v) is 5.52. The van der Waals surface area contributed by atoms with E-state index in [0.29, 0.717) is 25.9 Å². The highest BCUT2D eigenvalue weighted by Gasteiger charge is 2.02. The number of hydrogen-bond donors (Lipinski definition) is 2. The number of carbonyl (C=O) groups excluding carboxylic acids is 2. The van der Waals surface area contributed by atoms with E-state index in [1.54, 1.807) is 0 Å². The largest absolute Gasteiger partial charge is 0.356 e. The number of amides is 2. The van der Waals surface area contributed by atoms with Crippen LogP contribution in [0, 0.1) is 0 Å². The lowest BCUT2D eigenvalue weighted by Gasteiger charge is -2.06. The van der Waals surface area contributed by atoms with Gasteiger partial charge in [0.1, 0.15) is 0 Å². The van der Waals surface area contributed by atoms with Gasteiger partial charge in [-0.25, -0.2) is 0 Å². The smallest absolute Gasteiger partial charge is 0.220 e. The van der Waals surface area contributed by atoms with Gasteiger partial charge < -0.3 is 10.6 Å². The third-order valence-corrected chi connectivity index (χ3v) is 3.54. The van der Waals surface area contributed by atoms with Crippen LogP contribution in [0.1, 0.15) is 44.6 Å². The van der Waals surface area contributed by atoms with Crippen LogP contribution in [0.4, 0.5) is 0 Å². The molecule has 1 rings (SSSR count). The van der Waals surface area contributed by atoms with Crippen molar-refractivity contribution in [2.75, 3.05) is 13.1 Å². The molecule has 0 aliphatic carbocycles. The quantitative estimate of drug-likeness (QED) is 0.487. The maximum Gasteiger partial charge on any atom is 0.220 e. The van der Waals surface area contributed by atoms with Crippen molar-refractivity contribution in [2.24, 2.45) is 0 Å². The minimum Gasteiger partial charge on any atom is -0.356 e. The minimum atomic E-state index is 0.0926. The third kappa shape index (κ3) is 10.3. The molecule has 0 saturated heterocycles. The van der Waals surface area contributed by atoms with Gasteiger partial charge >= 0.3 is 0 Å². The lowest BCUT2D eigenvalue weighted by atomic mass is 10.1. The van der Waals surface area contributed by atoms with E-state index < -0.39 is 0 Å². The molecule has 0 aromatic heterocycles. The standard InChI is InChI=1S/C19H28N2O2/c1-2-3-15-20-18(22)12-8-5-9-16-21-19(23)14-13-17-10-6-4-7-11-17/h2-4,6-7,10-11H,5,8-9,12-16H2,1H3,(H,20,22)(H,21,23)/b3-2+. The van der Waals surface area contributed by atoms with Crippen molar-refractivity contribution in [3.63, 3.8) is 0 Å². The highest BCUT2D eigenvalue weighted by Crippen LogP contribution is 2.02. The molecule has 4 nitrogen and oxygen atoms in total. The number of benzene rings is 1. The molecule has 1 aromatic rings. The molecule has 2 N–H and O–H groups in total. The number of carbonyl (C=O) groups is 2. The van der Waals surface area contributed by atoms with Crippen molar-refractivity contribution in [2.45, 2.75) is 45.4 Å². The van der Waals surface area contributed by atoms with Gasteiger partial charge in [-0.05, 0) is 31.7 Å². The van der Waals surface area contributed by atoms with E-state index >= 15 is 0 Å². The zero-order valence-corrected chi connectivity index (χ0v) is 14.0. The highest BCUT2D eigenvalue weighted by molar-refractivity contribution is 5.76. The molecule has 0 radical (unpaired) electrons. The van der Waals surface area contributed by atoms with E-state index in [-0.39, 0.29) is 11.8 Å². The monoisotopic (exact) mass is 316 g/mol. The Balaban J connectivity index is 1.96. The molecule has 23 heavy (non-hydrogen) atoms. The Morgan fingerprint density at radius 1 is 0.957 bits per heavy atom. The van der Waals surface area contributed by atoms with Crippen LogP contribution in [-0.2, 0) is 16.0 Å². The second-order valence-electron chi connectivity index (χ2n) is 5.52. The van der Waals surface area contributed by atoms with Gasteiger partial charge in [-0.3, -0.25) is 9.59 Å². The number of allylic oxidation sites excluding steroid dienone is 1. The van der Waals surface area contributed by atoms with Crippen LogP contribution in [0.2, 0.25) is 0 Å². The average Bonchev–Trinajstić information content (AvgIpc) is 2.57. The summed E-state index contributed by atoms with van der Waals surface area (Å²) in [6.45, 7) is 3.22. The predicted molar refractivity (Wildman–Crippen MR) is 94.1 cm³/mol. The average molecular weight is 316 g/mol. The van der Waals surface area contributed by atoms with Gasteiger partial charge in [0.05, 0.1) is 0 Å². The molecular formula is C19H28N2O2. The summed E-state index contributed by atoms with van der Waals surface area (Å²) in [5, 5.41) is 5.76. The Morgan fingerprint density at radius 2 is 1.70 bits per heavy atom. The van der Waals surface area contributed by atoms with E-state index in [9.17, 15) is 9.59 Å². The van der Waals surface area contributed by atoms with Crippen LogP contribution in [0.25, 0.3) is 0 Å². The summed E-state index contributed by atoms with van der Waals surface area (Å²) in [6.07, 6.45) is 8.43. The maximum absolute atomic E-state index is 11.7. The number of hydrogen-bond acceptors (Lipinski definition) is 2. The second kappa shape index (κ2) is 12.4. The summed E-state index contributed by atoms with van der Waals surface area (Å²) in [7, 11) is 0. The number of rotatable bonds is 11. The van der Waals surface area contributed by atoms with Crippen molar-refractivity contribution >= 4 is 11.8 Å². The molecule has 0 aliphatic heterocycles. The maximum atomic E-state index is 11.7. The first kappa shape index (κ1) is 18.9. The Labute approximate surface area is 139 Å². The molecule has 0 saturated carbocycles. The molecule has 126 valence electrons. The summed E-state index contributed by atoms with van der Waals surface area (Å²) in [4.78, 5) is 23.2. The Hall–Kier alpha value is -2.10. The molecule has 0 fully saturated rings. The van der Waals surface area contributed by atoms with Crippen molar-refractivity contribution in [1.82, 2.24) is 10.6 Å². The van der Waals surface area contributed by atoms with Gasteiger partial charge in [-0.1, -0.05) is 48.9 Å². The first-order valence-electron chi connectivity index (χ1n) is 8.41. The molecule has 0 unspecified atom stereocenters. The molecule has 0 bridgehead atoms. The summed E-state index contributed by atoms with van der Waals surface area (Å²) < 4.78 is 0. The van der Waals surface area contributed by atoms with Crippen LogP contribution in [0.15, 0.2) is 42.5 Å². The molecule has 0 spiro atoms. The Kier molecular flexibility index (Phi) is 10.3. The number of unbranched alkanes of at least 4 members (excludes halogenated alkanes) is 2. The molecule has 0 heterocycles. The molecule has 0 aliphatic rings. The van der Waals surface area contributed by atoms with E-state index in [4.69, 9.17) is 0 Å². The fourth-order valence-corrected chi connectivity index (χ4v) is 2.19. The van der Waals surface area contributed by atoms with E-state index in [2.05, 4.69) is 10.6 Å². The van der Waals surface area contributed by atoms with E-state index in [0.717, 1.165) is 25.7 Å². The molecular weight excluding hydrogens is 288 g/mol. The van der Waals surface area contributed by atoms with Crippen molar-refractivity contribution in [3.8, 4) is 0 Å². The zero-order valence-electron chi connectivity index (χ0n) is 14.0. The number of nitrogens with one attached hydrogen (secondary N) is 2. The minimum absolute atomic E-state index is 0.0926. The first-order chi connectivity index (χ1) is 11.2. The summed E-state index contributed by atoms with van der Waals surface area (Å²) in [5.74, 6) is 0.188. The highest BCUT2D eigenvalue weighted by atomic mass is 16.2. The van der Waals surface area contributed by atoms with Crippen molar-refractivity contribution in [3.05, 3.63) is 48.0 Å². The Morgan fingerprint density at radius 3 is 2.43 bits per heavy atom. The van der Waals surface area contributed by atoms with E-state index in [1.165, 1.54) is 5.56 Å². The fourth-order valence-electron chi connectivity index (χ4n) is 2.19. The molecule has 2 amide bonds. The Bertz CT molecular complexity index is 483. The molecule has 1 aromatic carbocycles. The van der Waals surface area contributed by atoms with Crippen molar-refractivity contribution < 1.29 is 9.59 Å². The SMILES string of the molecule is C/C=C/CNC(=O)CCCCCNC(=O)CCc1ccccc1. The number of aryl methyl sites for hydroxylation is 1. The van der Waals surface area contributed by atoms with Gasteiger partial charge in [0.2, 0.25) is 11.8 Å². The van der Waals surface area contributed by atoms with Gasteiger partial charge in [-0.15, -0.1) is 0 Å². The lowest BCUT2D eigenvalue weighted by molar-refractivity contribution is -0.122. The lowest BCUT2D eigenvalue weighted by Crippen LogP contribution is -2.25. The van der Waals surface area contributed by atoms with Crippen LogP contribution in [0.3, 0.4) is 0 Å². The first-order valence-corrected chi connectivity index (χ1v) is 8.41. The fraction of sp³-hybridized carbons (Fsp3) is 0.474. The van der Waals surface area contributed by atoms with Crippen molar-refractivity contribution in [1.29, 1.82) is 0 Å². The van der Waals surface area contributed by atoms with Gasteiger partial charge in [0, 0.05) is 25.9 Å². The van der Waals surface area contributed by atoms with Gasteiger partial charge in [0.25, 0.3) is 0 Å². The summed E-state index contributed by atoms with van der Waals surface area (Å²) >= 11 is 0. The topological polar surface area (TPSA) is 58.2 Å². The molecule has 0 atom stereocenters. The van der Waals surface area contributed by atoms with E-state index in [1.807, 2.05) is 49.4 Å². The van der Waals surface area contributed by atoms with Crippen LogP contribution >= 0.6 is 0 Å². The zero-order chi connectivity index (χ0) is 16.8. The summed E-state index contributed by atoms with van der Waals surface area (Å²) in [6, 6.07) is 10.0. The summed E-state index contributed by atoms with van der Waals surface area (Å²) in [5.41, 5.74) is 1.19. The van der Waals surface area contributed by atoms with Crippen LogP contribution < -0.4 is 10.6 Å². The molecule has 4 heteroatoms.